The molecule has 1 atom stereocenters. The molecule has 23 heavy (non-hydrogen) atoms. The number of methoxy groups -OCH3 is 1. The summed E-state index contributed by atoms with van der Waals surface area (Å²) in [5, 5.41) is 2.41. The fourth-order valence-electron chi connectivity index (χ4n) is 2.43. The van der Waals surface area contributed by atoms with E-state index in [0.717, 1.165) is 11.3 Å². The number of carbonyl (C=O) groups is 3. The van der Waals surface area contributed by atoms with Crippen LogP contribution in [0.2, 0.25) is 0 Å². The Morgan fingerprint density at radius 2 is 1.87 bits per heavy atom. The number of rotatable bonds is 3. The van der Waals surface area contributed by atoms with E-state index in [4.69, 9.17) is 0 Å². The summed E-state index contributed by atoms with van der Waals surface area (Å²) in [6.07, 6.45) is -0.671. The first-order valence-corrected chi connectivity index (χ1v) is 7.42. The van der Waals surface area contributed by atoms with Crippen LogP contribution in [-0.2, 0) is 14.3 Å². The van der Waals surface area contributed by atoms with E-state index in [9.17, 15) is 14.4 Å². The van der Waals surface area contributed by atoms with E-state index in [-0.39, 0.29) is 18.4 Å². The largest absolute Gasteiger partial charge is 0.453 e. The lowest BCUT2D eigenvalue weighted by molar-refractivity contribution is -0.138. The van der Waals surface area contributed by atoms with Gasteiger partial charge < -0.3 is 19.9 Å². The number of ether oxygens (including phenoxy) is 1. The standard InChI is InChI=1S/C16H21N3O4/c1-11-4-6-13(7-5-11)19-9-8-18(10-14(19)20)15(21)12(2)17-16(22)23-3/h4-7,12H,8-10H2,1-3H3,(H,17,22). The maximum absolute atomic E-state index is 12.3. The van der Waals surface area contributed by atoms with E-state index in [1.165, 1.54) is 12.0 Å². The zero-order valence-electron chi connectivity index (χ0n) is 13.5. The molecule has 0 saturated carbocycles. The van der Waals surface area contributed by atoms with Crippen molar-refractivity contribution in [3.63, 3.8) is 0 Å². The molecular weight excluding hydrogens is 298 g/mol. The average molecular weight is 319 g/mol. The van der Waals surface area contributed by atoms with Gasteiger partial charge in [0.25, 0.3) is 0 Å². The SMILES string of the molecule is COC(=O)NC(C)C(=O)N1CCN(c2ccc(C)cc2)C(=O)C1. The molecule has 0 radical (unpaired) electrons. The minimum absolute atomic E-state index is 0.0000968. The van der Waals surface area contributed by atoms with Crippen LogP contribution in [0.3, 0.4) is 0 Å². The lowest BCUT2D eigenvalue weighted by atomic mass is 10.2. The maximum atomic E-state index is 12.3. The van der Waals surface area contributed by atoms with Gasteiger partial charge in [-0.2, -0.15) is 0 Å². The number of nitrogens with one attached hydrogen (secondary N) is 1. The third kappa shape index (κ3) is 4.00. The molecule has 1 unspecified atom stereocenters. The van der Waals surface area contributed by atoms with Crippen molar-refractivity contribution in [2.45, 2.75) is 19.9 Å². The molecule has 7 nitrogen and oxygen atoms in total. The predicted octanol–water partition coefficient (Wildman–Crippen LogP) is 0.915. The average Bonchev–Trinajstić information content (AvgIpc) is 2.54. The van der Waals surface area contributed by atoms with Gasteiger partial charge in [-0.15, -0.1) is 0 Å². The van der Waals surface area contributed by atoms with Crippen LogP contribution in [0.25, 0.3) is 0 Å². The third-order valence-corrected chi connectivity index (χ3v) is 3.77. The van der Waals surface area contributed by atoms with Crippen molar-refractivity contribution in [3.05, 3.63) is 29.8 Å². The Morgan fingerprint density at radius 1 is 1.22 bits per heavy atom. The number of nitrogens with zero attached hydrogens (tertiary/aromatic N) is 2. The number of alkyl carbamates (subject to hydrolysis) is 1. The summed E-state index contributed by atoms with van der Waals surface area (Å²) in [6, 6.07) is 6.95. The lowest BCUT2D eigenvalue weighted by Gasteiger charge is -2.35. The molecule has 0 aromatic heterocycles. The van der Waals surface area contributed by atoms with E-state index >= 15 is 0 Å². The van der Waals surface area contributed by atoms with E-state index in [0.29, 0.717) is 13.1 Å². The molecule has 1 aliphatic rings. The van der Waals surface area contributed by atoms with Gasteiger partial charge in [0.2, 0.25) is 11.8 Å². The molecule has 1 saturated heterocycles. The van der Waals surface area contributed by atoms with Crippen molar-refractivity contribution in [1.29, 1.82) is 0 Å². The van der Waals surface area contributed by atoms with Gasteiger partial charge in [0.05, 0.1) is 7.11 Å². The van der Waals surface area contributed by atoms with Gasteiger partial charge >= 0.3 is 6.09 Å². The molecule has 1 N–H and O–H groups in total. The van der Waals surface area contributed by atoms with Crippen molar-refractivity contribution in [3.8, 4) is 0 Å². The number of amides is 3. The van der Waals surface area contributed by atoms with Crippen molar-refractivity contribution in [1.82, 2.24) is 10.2 Å². The highest BCUT2D eigenvalue weighted by Gasteiger charge is 2.30. The number of piperazine rings is 1. The Bertz CT molecular complexity index is 600. The highest BCUT2D eigenvalue weighted by Crippen LogP contribution is 2.18. The molecule has 2 rings (SSSR count). The number of benzene rings is 1. The first-order valence-electron chi connectivity index (χ1n) is 7.42. The monoisotopic (exact) mass is 319 g/mol. The molecule has 1 fully saturated rings. The lowest BCUT2D eigenvalue weighted by Crippen LogP contribution is -2.56. The summed E-state index contributed by atoms with van der Waals surface area (Å²) in [7, 11) is 1.23. The highest BCUT2D eigenvalue weighted by atomic mass is 16.5. The van der Waals surface area contributed by atoms with Gasteiger partial charge in [0.1, 0.15) is 12.6 Å². The normalized spacial score (nSPS) is 16.0. The second kappa shape index (κ2) is 7.13. The number of hydrogen-bond donors (Lipinski definition) is 1. The molecule has 1 aromatic rings. The second-order valence-corrected chi connectivity index (χ2v) is 5.50. The minimum Gasteiger partial charge on any atom is -0.453 e. The van der Waals surface area contributed by atoms with E-state index < -0.39 is 12.1 Å². The van der Waals surface area contributed by atoms with Crippen LogP contribution in [0.1, 0.15) is 12.5 Å². The molecule has 1 aromatic carbocycles. The quantitative estimate of drug-likeness (QED) is 0.898. The Balaban J connectivity index is 1.98. The molecule has 0 spiro atoms. The first-order chi connectivity index (χ1) is 10.9. The predicted molar refractivity (Wildman–Crippen MR) is 85.1 cm³/mol. The molecule has 0 bridgehead atoms. The van der Waals surface area contributed by atoms with Crippen molar-refractivity contribution < 1.29 is 19.1 Å². The Hall–Kier alpha value is -2.57. The van der Waals surface area contributed by atoms with E-state index in [1.807, 2.05) is 31.2 Å². The summed E-state index contributed by atoms with van der Waals surface area (Å²) in [4.78, 5) is 38.9. The number of hydrogen-bond acceptors (Lipinski definition) is 4. The number of carbonyl (C=O) groups excluding carboxylic acids is 3. The molecule has 7 heteroatoms. The highest BCUT2D eigenvalue weighted by molar-refractivity contribution is 5.98. The van der Waals surface area contributed by atoms with Crippen LogP contribution in [0.4, 0.5) is 10.5 Å². The maximum Gasteiger partial charge on any atom is 0.407 e. The summed E-state index contributed by atoms with van der Waals surface area (Å²) in [5.41, 5.74) is 1.95. The fraction of sp³-hybridized carbons (Fsp3) is 0.438. The zero-order chi connectivity index (χ0) is 17.0. The van der Waals surface area contributed by atoms with Crippen molar-refractivity contribution in [2.75, 3.05) is 31.6 Å². The second-order valence-electron chi connectivity index (χ2n) is 5.50. The molecule has 3 amide bonds. The van der Waals surface area contributed by atoms with Gasteiger partial charge in [-0.25, -0.2) is 4.79 Å². The van der Waals surface area contributed by atoms with Crippen LogP contribution >= 0.6 is 0 Å². The van der Waals surface area contributed by atoms with Crippen molar-refractivity contribution >= 4 is 23.6 Å². The zero-order valence-corrected chi connectivity index (χ0v) is 13.5. The van der Waals surface area contributed by atoms with Crippen molar-refractivity contribution in [2.24, 2.45) is 0 Å². The van der Waals surface area contributed by atoms with Gasteiger partial charge in [-0.1, -0.05) is 17.7 Å². The number of aryl methyl sites for hydroxylation is 1. The van der Waals surface area contributed by atoms with Gasteiger partial charge in [0, 0.05) is 18.8 Å². The third-order valence-electron chi connectivity index (χ3n) is 3.77. The Kier molecular flexibility index (Phi) is 5.20. The van der Waals surface area contributed by atoms with E-state index in [2.05, 4.69) is 10.1 Å². The summed E-state index contributed by atoms with van der Waals surface area (Å²) >= 11 is 0. The number of anilines is 1. The van der Waals surface area contributed by atoms with E-state index in [1.54, 1.807) is 11.8 Å². The summed E-state index contributed by atoms with van der Waals surface area (Å²) in [6.45, 7) is 4.40. The van der Waals surface area contributed by atoms with Crippen LogP contribution in [0.15, 0.2) is 24.3 Å². The Labute approximate surface area is 135 Å². The first kappa shape index (κ1) is 16.8. The van der Waals surface area contributed by atoms with Crippen LogP contribution in [-0.4, -0.2) is 55.6 Å². The molecule has 1 aliphatic heterocycles. The molecule has 0 aliphatic carbocycles. The molecule has 124 valence electrons. The fourth-order valence-corrected chi connectivity index (χ4v) is 2.43. The summed E-state index contributed by atoms with van der Waals surface area (Å²) < 4.78 is 4.47. The smallest absolute Gasteiger partial charge is 0.407 e. The molecule has 1 heterocycles. The molecular formula is C16H21N3O4. The van der Waals surface area contributed by atoms with Crippen LogP contribution in [0, 0.1) is 6.92 Å². The van der Waals surface area contributed by atoms with Gasteiger partial charge in [-0.3, -0.25) is 9.59 Å². The van der Waals surface area contributed by atoms with Crippen LogP contribution < -0.4 is 10.2 Å². The van der Waals surface area contributed by atoms with Gasteiger partial charge in [0.15, 0.2) is 0 Å². The summed E-state index contributed by atoms with van der Waals surface area (Å²) in [5.74, 6) is -0.439. The Morgan fingerprint density at radius 3 is 2.43 bits per heavy atom. The topological polar surface area (TPSA) is 79.0 Å². The van der Waals surface area contributed by atoms with Gasteiger partial charge in [-0.05, 0) is 26.0 Å². The van der Waals surface area contributed by atoms with Crippen LogP contribution in [0.5, 0.6) is 0 Å². The minimum atomic E-state index is -0.735.